The van der Waals surface area contributed by atoms with Gasteiger partial charge in [-0.25, -0.2) is 4.39 Å². The predicted molar refractivity (Wildman–Crippen MR) is 64.9 cm³/mol. The molecule has 17 heavy (non-hydrogen) atoms. The van der Waals surface area contributed by atoms with E-state index in [0.717, 1.165) is 24.2 Å². The van der Waals surface area contributed by atoms with E-state index in [1.165, 1.54) is 6.07 Å². The maximum Gasteiger partial charge on any atom is 0.123 e. The van der Waals surface area contributed by atoms with Crippen molar-refractivity contribution in [3.05, 3.63) is 29.6 Å². The molecule has 0 saturated carbocycles. The zero-order chi connectivity index (χ0) is 12.4. The molecule has 0 radical (unpaired) electrons. The van der Waals surface area contributed by atoms with Crippen LogP contribution in [0.5, 0.6) is 5.75 Å². The van der Waals surface area contributed by atoms with Gasteiger partial charge in [-0.05, 0) is 42.5 Å². The summed E-state index contributed by atoms with van der Waals surface area (Å²) in [4.78, 5) is 0. The van der Waals surface area contributed by atoms with E-state index in [4.69, 9.17) is 9.47 Å². The Labute approximate surface area is 102 Å². The van der Waals surface area contributed by atoms with Crippen LogP contribution in [-0.4, -0.2) is 19.3 Å². The Morgan fingerprint density at radius 2 is 2.18 bits per heavy atom. The van der Waals surface area contributed by atoms with Crippen LogP contribution in [0.25, 0.3) is 0 Å². The number of rotatable bonds is 5. The Morgan fingerprint density at radius 1 is 1.41 bits per heavy atom. The smallest absolute Gasteiger partial charge is 0.123 e. The number of ether oxygens (including phenoxy) is 2. The van der Waals surface area contributed by atoms with Crippen molar-refractivity contribution in [2.45, 2.75) is 44.8 Å². The quantitative estimate of drug-likeness (QED) is 0.732. The molecule has 3 atom stereocenters. The lowest BCUT2D eigenvalue weighted by molar-refractivity contribution is 0.350. The summed E-state index contributed by atoms with van der Waals surface area (Å²) in [7, 11) is 1.62. The highest BCUT2D eigenvalue weighted by Crippen LogP contribution is 2.37. The summed E-state index contributed by atoms with van der Waals surface area (Å²) in [6, 6.07) is 4.68. The SMILES string of the molecule is CCC1OC1CC(C)c1cc(F)ccc1OC. The highest BCUT2D eigenvalue weighted by molar-refractivity contribution is 5.36. The van der Waals surface area contributed by atoms with Crippen molar-refractivity contribution < 1.29 is 13.9 Å². The van der Waals surface area contributed by atoms with Crippen molar-refractivity contribution in [3.63, 3.8) is 0 Å². The molecule has 3 unspecified atom stereocenters. The van der Waals surface area contributed by atoms with Crippen LogP contribution in [0.3, 0.4) is 0 Å². The number of hydrogen-bond donors (Lipinski definition) is 0. The summed E-state index contributed by atoms with van der Waals surface area (Å²) >= 11 is 0. The molecule has 1 aliphatic rings. The summed E-state index contributed by atoms with van der Waals surface area (Å²) in [5.41, 5.74) is 0.929. The third-order valence-corrected chi connectivity index (χ3v) is 3.40. The van der Waals surface area contributed by atoms with Gasteiger partial charge in [0.2, 0.25) is 0 Å². The Balaban J connectivity index is 2.07. The lowest BCUT2D eigenvalue weighted by Gasteiger charge is -2.14. The first-order chi connectivity index (χ1) is 8.15. The molecule has 1 saturated heterocycles. The van der Waals surface area contributed by atoms with E-state index in [-0.39, 0.29) is 11.7 Å². The Morgan fingerprint density at radius 3 is 2.76 bits per heavy atom. The number of benzene rings is 1. The standard InChI is InChI=1S/C14H19FO2/c1-4-12-14(17-12)7-9(2)11-8-10(15)5-6-13(11)16-3/h5-6,8-9,12,14H,4,7H2,1-3H3. The van der Waals surface area contributed by atoms with Crippen LogP contribution in [0.2, 0.25) is 0 Å². The maximum atomic E-state index is 13.3. The van der Waals surface area contributed by atoms with Gasteiger partial charge in [0.1, 0.15) is 11.6 Å². The first-order valence-electron chi connectivity index (χ1n) is 6.14. The van der Waals surface area contributed by atoms with Crippen LogP contribution in [0.15, 0.2) is 18.2 Å². The summed E-state index contributed by atoms with van der Waals surface area (Å²) in [6.07, 6.45) is 2.72. The highest BCUT2D eigenvalue weighted by atomic mass is 19.1. The fraction of sp³-hybridized carbons (Fsp3) is 0.571. The maximum absolute atomic E-state index is 13.3. The van der Waals surface area contributed by atoms with Gasteiger partial charge in [-0.2, -0.15) is 0 Å². The van der Waals surface area contributed by atoms with E-state index in [1.54, 1.807) is 19.2 Å². The van der Waals surface area contributed by atoms with Gasteiger partial charge >= 0.3 is 0 Å². The number of epoxide rings is 1. The number of halogens is 1. The Kier molecular flexibility index (Phi) is 3.67. The van der Waals surface area contributed by atoms with Crippen LogP contribution in [0.4, 0.5) is 4.39 Å². The van der Waals surface area contributed by atoms with E-state index in [2.05, 4.69) is 13.8 Å². The van der Waals surface area contributed by atoms with Crippen LogP contribution in [0.1, 0.15) is 38.2 Å². The van der Waals surface area contributed by atoms with Crippen LogP contribution < -0.4 is 4.74 Å². The predicted octanol–water partition coefficient (Wildman–Crippen LogP) is 3.51. The Hall–Kier alpha value is -1.09. The highest BCUT2D eigenvalue weighted by Gasteiger charge is 2.38. The summed E-state index contributed by atoms with van der Waals surface area (Å²) in [5.74, 6) is 0.797. The molecule has 0 spiro atoms. The molecule has 1 aromatic rings. The summed E-state index contributed by atoms with van der Waals surface area (Å²) in [5, 5.41) is 0. The zero-order valence-electron chi connectivity index (χ0n) is 10.6. The molecule has 0 amide bonds. The summed E-state index contributed by atoms with van der Waals surface area (Å²) in [6.45, 7) is 4.21. The third kappa shape index (κ3) is 2.78. The van der Waals surface area contributed by atoms with Crippen molar-refractivity contribution >= 4 is 0 Å². The van der Waals surface area contributed by atoms with E-state index < -0.39 is 0 Å². The van der Waals surface area contributed by atoms with Gasteiger partial charge in [-0.1, -0.05) is 13.8 Å². The molecule has 0 N–H and O–H groups in total. The van der Waals surface area contributed by atoms with Crippen molar-refractivity contribution in [1.82, 2.24) is 0 Å². The fourth-order valence-electron chi connectivity index (χ4n) is 2.31. The zero-order valence-corrected chi connectivity index (χ0v) is 10.6. The van der Waals surface area contributed by atoms with Gasteiger partial charge in [0, 0.05) is 0 Å². The topological polar surface area (TPSA) is 21.8 Å². The number of hydrogen-bond acceptors (Lipinski definition) is 2. The van der Waals surface area contributed by atoms with Gasteiger partial charge in [0.05, 0.1) is 19.3 Å². The van der Waals surface area contributed by atoms with Gasteiger partial charge in [-0.3, -0.25) is 0 Å². The van der Waals surface area contributed by atoms with Crippen molar-refractivity contribution in [1.29, 1.82) is 0 Å². The normalized spacial score (nSPS) is 24.5. The average Bonchev–Trinajstić information content (AvgIpc) is 3.07. The second-order valence-electron chi connectivity index (χ2n) is 4.64. The molecular formula is C14H19FO2. The molecule has 1 aromatic carbocycles. The van der Waals surface area contributed by atoms with Gasteiger partial charge in [0.15, 0.2) is 0 Å². The molecule has 1 aliphatic heterocycles. The molecule has 3 heteroatoms. The lowest BCUT2D eigenvalue weighted by Crippen LogP contribution is -2.03. The van der Waals surface area contributed by atoms with Crippen molar-refractivity contribution in [2.75, 3.05) is 7.11 Å². The fourth-order valence-corrected chi connectivity index (χ4v) is 2.31. The third-order valence-electron chi connectivity index (χ3n) is 3.40. The second-order valence-corrected chi connectivity index (χ2v) is 4.64. The molecule has 1 heterocycles. The van der Waals surface area contributed by atoms with Crippen LogP contribution in [0, 0.1) is 5.82 Å². The van der Waals surface area contributed by atoms with E-state index >= 15 is 0 Å². The lowest BCUT2D eigenvalue weighted by atomic mass is 9.94. The number of methoxy groups -OCH3 is 1. The Bertz CT molecular complexity index is 392. The average molecular weight is 238 g/mol. The molecule has 0 aliphatic carbocycles. The second kappa shape index (κ2) is 5.05. The van der Waals surface area contributed by atoms with Gasteiger partial charge < -0.3 is 9.47 Å². The van der Waals surface area contributed by atoms with Gasteiger partial charge in [0.25, 0.3) is 0 Å². The van der Waals surface area contributed by atoms with E-state index in [0.29, 0.717) is 12.2 Å². The monoisotopic (exact) mass is 238 g/mol. The molecule has 0 bridgehead atoms. The minimum Gasteiger partial charge on any atom is -0.496 e. The molecule has 0 aromatic heterocycles. The minimum absolute atomic E-state index is 0.212. The minimum atomic E-state index is -0.212. The first-order valence-corrected chi connectivity index (χ1v) is 6.14. The van der Waals surface area contributed by atoms with E-state index in [1.807, 2.05) is 0 Å². The molecule has 94 valence electrons. The van der Waals surface area contributed by atoms with Crippen LogP contribution >= 0.6 is 0 Å². The van der Waals surface area contributed by atoms with Crippen LogP contribution in [-0.2, 0) is 4.74 Å². The molecule has 2 nitrogen and oxygen atoms in total. The largest absolute Gasteiger partial charge is 0.496 e. The summed E-state index contributed by atoms with van der Waals surface area (Å²) < 4.78 is 24.0. The first kappa shape index (κ1) is 12.4. The van der Waals surface area contributed by atoms with E-state index in [9.17, 15) is 4.39 Å². The molecular weight excluding hydrogens is 219 g/mol. The van der Waals surface area contributed by atoms with Crippen molar-refractivity contribution in [2.24, 2.45) is 0 Å². The van der Waals surface area contributed by atoms with Gasteiger partial charge in [-0.15, -0.1) is 0 Å². The van der Waals surface area contributed by atoms with Crippen molar-refractivity contribution in [3.8, 4) is 5.75 Å². The molecule has 2 rings (SSSR count). The molecule has 1 fully saturated rings.